The molecular formula is C28H31N3O6. The van der Waals surface area contributed by atoms with E-state index in [1.807, 2.05) is 31.2 Å². The number of amides is 3. The Morgan fingerprint density at radius 1 is 1.08 bits per heavy atom. The number of benzene rings is 2. The molecule has 1 aliphatic rings. The van der Waals surface area contributed by atoms with Crippen molar-refractivity contribution in [3.05, 3.63) is 83.8 Å². The number of furan rings is 1. The molecule has 9 nitrogen and oxygen atoms in total. The lowest BCUT2D eigenvalue weighted by Crippen LogP contribution is -2.48. The first-order valence-electron chi connectivity index (χ1n) is 12.2. The van der Waals surface area contributed by atoms with Gasteiger partial charge in [0.05, 0.1) is 31.7 Å². The van der Waals surface area contributed by atoms with Gasteiger partial charge < -0.3 is 24.5 Å². The Hall–Kier alpha value is -4.11. The van der Waals surface area contributed by atoms with Crippen LogP contribution in [0, 0.1) is 6.92 Å². The standard InChI is InChI=1S/C28H31N3O6/c1-19-12-13-23(35-2)22(16-19)31(25(32)18-30-27(33)24-11-7-15-37-24)26(20-8-4-3-5-9-20)28(34)29-17-21-10-6-14-36-21/h3-5,7-9,11-13,15-16,21,26H,6,10,14,17-18H2,1-2H3,(H,29,34)(H,30,33)/t21-,26+/m0/s1. The van der Waals surface area contributed by atoms with Crippen molar-refractivity contribution in [3.8, 4) is 5.75 Å². The van der Waals surface area contributed by atoms with Gasteiger partial charge in [0.2, 0.25) is 11.8 Å². The highest BCUT2D eigenvalue weighted by molar-refractivity contribution is 6.05. The van der Waals surface area contributed by atoms with Gasteiger partial charge in [-0.1, -0.05) is 36.4 Å². The topological polar surface area (TPSA) is 110 Å². The van der Waals surface area contributed by atoms with Crippen molar-refractivity contribution in [2.24, 2.45) is 0 Å². The summed E-state index contributed by atoms with van der Waals surface area (Å²) in [6.45, 7) is 2.53. The quantitative estimate of drug-likeness (QED) is 0.437. The number of nitrogens with zero attached hydrogens (tertiary/aromatic N) is 1. The van der Waals surface area contributed by atoms with Gasteiger partial charge >= 0.3 is 0 Å². The molecule has 0 aliphatic carbocycles. The molecule has 0 bridgehead atoms. The monoisotopic (exact) mass is 505 g/mol. The fraction of sp³-hybridized carbons (Fsp3) is 0.321. The Kier molecular flexibility index (Phi) is 8.58. The van der Waals surface area contributed by atoms with Gasteiger partial charge in [0, 0.05) is 13.2 Å². The second-order valence-corrected chi connectivity index (χ2v) is 8.79. The van der Waals surface area contributed by atoms with Gasteiger partial charge in [-0.15, -0.1) is 0 Å². The lowest BCUT2D eigenvalue weighted by atomic mass is 10.0. The maximum Gasteiger partial charge on any atom is 0.287 e. The van der Waals surface area contributed by atoms with E-state index in [1.165, 1.54) is 24.3 Å². The fourth-order valence-corrected chi connectivity index (χ4v) is 4.31. The van der Waals surface area contributed by atoms with E-state index in [1.54, 1.807) is 30.3 Å². The van der Waals surface area contributed by atoms with Crippen molar-refractivity contribution in [2.75, 3.05) is 31.7 Å². The van der Waals surface area contributed by atoms with Crippen LogP contribution in [0.1, 0.15) is 40.6 Å². The number of hydrogen-bond donors (Lipinski definition) is 2. The first kappa shape index (κ1) is 26.0. The molecule has 2 N–H and O–H groups in total. The van der Waals surface area contributed by atoms with Crippen LogP contribution in [0.5, 0.6) is 5.75 Å². The van der Waals surface area contributed by atoms with Crippen molar-refractivity contribution < 1.29 is 28.3 Å². The average molecular weight is 506 g/mol. The summed E-state index contributed by atoms with van der Waals surface area (Å²) in [5, 5.41) is 5.56. The maximum atomic E-state index is 13.8. The van der Waals surface area contributed by atoms with Gasteiger partial charge in [-0.2, -0.15) is 0 Å². The summed E-state index contributed by atoms with van der Waals surface area (Å²) in [5.74, 6) is -0.889. The van der Waals surface area contributed by atoms with E-state index < -0.39 is 17.9 Å². The molecule has 2 aromatic carbocycles. The molecule has 2 atom stereocenters. The SMILES string of the molecule is COc1ccc(C)cc1N(C(=O)CNC(=O)c1ccco1)[C@@H](C(=O)NC[C@@H]1CCCO1)c1ccccc1. The van der Waals surface area contributed by atoms with E-state index in [2.05, 4.69) is 10.6 Å². The smallest absolute Gasteiger partial charge is 0.287 e. The molecule has 0 spiro atoms. The minimum absolute atomic E-state index is 0.0642. The molecule has 194 valence electrons. The van der Waals surface area contributed by atoms with E-state index in [4.69, 9.17) is 13.9 Å². The summed E-state index contributed by atoms with van der Waals surface area (Å²) >= 11 is 0. The van der Waals surface area contributed by atoms with Crippen molar-refractivity contribution >= 4 is 23.4 Å². The molecule has 1 saturated heterocycles. The van der Waals surface area contributed by atoms with E-state index in [0.29, 0.717) is 30.2 Å². The number of carbonyl (C=O) groups is 3. The molecule has 4 rings (SSSR count). The summed E-state index contributed by atoms with van der Waals surface area (Å²) in [6.07, 6.45) is 3.13. The summed E-state index contributed by atoms with van der Waals surface area (Å²) < 4.78 is 16.4. The Morgan fingerprint density at radius 3 is 2.57 bits per heavy atom. The number of rotatable bonds is 10. The van der Waals surface area contributed by atoms with Crippen molar-refractivity contribution in [3.63, 3.8) is 0 Å². The molecule has 3 aromatic rings. The van der Waals surface area contributed by atoms with E-state index in [0.717, 1.165) is 18.4 Å². The van der Waals surface area contributed by atoms with Gasteiger partial charge in [-0.25, -0.2) is 0 Å². The van der Waals surface area contributed by atoms with Crippen LogP contribution < -0.4 is 20.3 Å². The normalized spacial score (nSPS) is 15.6. The van der Waals surface area contributed by atoms with Gasteiger partial charge in [0.25, 0.3) is 5.91 Å². The van der Waals surface area contributed by atoms with Crippen LogP contribution in [0.3, 0.4) is 0 Å². The number of hydrogen-bond acceptors (Lipinski definition) is 6. The minimum Gasteiger partial charge on any atom is -0.495 e. The zero-order valence-corrected chi connectivity index (χ0v) is 20.9. The molecular weight excluding hydrogens is 474 g/mol. The van der Waals surface area contributed by atoms with Gasteiger partial charge in [-0.05, 0) is 55.2 Å². The first-order valence-corrected chi connectivity index (χ1v) is 12.2. The Balaban J connectivity index is 1.70. The van der Waals surface area contributed by atoms with Crippen molar-refractivity contribution in [2.45, 2.75) is 31.9 Å². The zero-order chi connectivity index (χ0) is 26.2. The zero-order valence-electron chi connectivity index (χ0n) is 20.9. The van der Waals surface area contributed by atoms with Crippen LogP contribution in [0.15, 0.2) is 71.3 Å². The van der Waals surface area contributed by atoms with Crippen LogP contribution in [-0.4, -0.2) is 50.6 Å². The number of ether oxygens (including phenoxy) is 2. The van der Waals surface area contributed by atoms with Gasteiger partial charge in [0.15, 0.2) is 5.76 Å². The van der Waals surface area contributed by atoms with Crippen molar-refractivity contribution in [1.29, 1.82) is 0 Å². The lowest BCUT2D eigenvalue weighted by molar-refractivity contribution is -0.126. The maximum absolute atomic E-state index is 13.8. The largest absolute Gasteiger partial charge is 0.495 e. The first-order chi connectivity index (χ1) is 18.0. The summed E-state index contributed by atoms with van der Waals surface area (Å²) in [4.78, 5) is 41.4. The van der Waals surface area contributed by atoms with Crippen LogP contribution >= 0.6 is 0 Å². The number of nitrogens with one attached hydrogen (secondary N) is 2. The average Bonchev–Trinajstić information content (AvgIpc) is 3.64. The molecule has 1 aliphatic heterocycles. The Bertz CT molecular complexity index is 1210. The molecule has 0 radical (unpaired) electrons. The second-order valence-electron chi connectivity index (χ2n) is 8.79. The minimum atomic E-state index is -1.02. The van der Waals surface area contributed by atoms with E-state index >= 15 is 0 Å². The molecule has 3 amide bonds. The third-order valence-corrected chi connectivity index (χ3v) is 6.16. The molecule has 9 heteroatoms. The molecule has 0 saturated carbocycles. The number of methoxy groups -OCH3 is 1. The van der Waals surface area contributed by atoms with E-state index in [-0.39, 0.29) is 24.3 Å². The number of carbonyl (C=O) groups excluding carboxylic acids is 3. The third-order valence-electron chi connectivity index (χ3n) is 6.16. The van der Waals surface area contributed by atoms with Gasteiger partial charge in [0.1, 0.15) is 11.8 Å². The van der Waals surface area contributed by atoms with Crippen LogP contribution in [0.2, 0.25) is 0 Å². The predicted molar refractivity (Wildman–Crippen MR) is 137 cm³/mol. The second kappa shape index (κ2) is 12.2. The molecule has 1 fully saturated rings. The summed E-state index contributed by atoms with van der Waals surface area (Å²) in [5.41, 5.74) is 1.90. The van der Waals surface area contributed by atoms with Crippen LogP contribution in [0.4, 0.5) is 5.69 Å². The third kappa shape index (κ3) is 6.37. The van der Waals surface area contributed by atoms with Crippen LogP contribution in [0.25, 0.3) is 0 Å². The molecule has 2 heterocycles. The van der Waals surface area contributed by atoms with Crippen molar-refractivity contribution in [1.82, 2.24) is 10.6 Å². The summed E-state index contributed by atoms with van der Waals surface area (Å²) in [6, 6.07) is 16.5. The van der Waals surface area contributed by atoms with E-state index in [9.17, 15) is 14.4 Å². The highest BCUT2D eigenvalue weighted by Gasteiger charge is 2.35. The fourth-order valence-electron chi connectivity index (χ4n) is 4.31. The Labute approximate surface area is 215 Å². The molecule has 0 unspecified atom stereocenters. The predicted octanol–water partition coefficient (Wildman–Crippen LogP) is 3.40. The highest BCUT2D eigenvalue weighted by Crippen LogP contribution is 2.36. The number of aryl methyl sites for hydroxylation is 1. The van der Waals surface area contributed by atoms with Gasteiger partial charge in [-0.3, -0.25) is 19.3 Å². The summed E-state index contributed by atoms with van der Waals surface area (Å²) in [7, 11) is 1.50. The molecule has 1 aromatic heterocycles. The highest BCUT2D eigenvalue weighted by atomic mass is 16.5. The lowest BCUT2D eigenvalue weighted by Gasteiger charge is -2.33. The van der Waals surface area contributed by atoms with Crippen LogP contribution in [-0.2, 0) is 14.3 Å². The number of anilines is 1. The Morgan fingerprint density at radius 2 is 1.89 bits per heavy atom. The molecule has 37 heavy (non-hydrogen) atoms.